The topological polar surface area (TPSA) is 53.3 Å². The van der Waals surface area contributed by atoms with Crippen LogP contribution in [0.4, 0.5) is 4.79 Å². The summed E-state index contributed by atoms with van der Waals surface area (Å²) in [5, 5.41) is 9.26. The quantitative estimate of drug-likeness (QED) is 0.664. The number of hydrogen-bond acceptors (Lipinski definition) is 3. The molecule has 1 saturated carbocycles. The summed E-state index contributed by atoms with van der Waals surface area (Å²) in [5.41, 5.74) is -0.396. The zero-order valence-corrected chi connectivity index (χ0v) is 11.7. The Morgan fingerprint density at radius 1 is 1.44 bits per heavy atom. The lowest BCUT2D eigenvalue weighted by Gasteiger charge is -2.40. The molecule has 1 aliphatic heterocycles. The first kappa shape index (κ1) is 13.2. The van der Waals surface area contributed by atoms with Gasteiger partial charge in [0.1, 0.15) is 5.60 Å². The van der Waals surface area contributed by atoms with Crippen molar-refractivity contribution in [1.82, 2.24) is 4.90 Å². The molecular weight excluding hydrogens is 228 g/mol. The molecular formula is C14H22N2O2. The van der Waals surface area contributed by atoms with Gasteiger partial charge in [0.2, 0.25) is 0 Å². The van der Waals surface area contributed by atoms with E-state index in [-0.39, 0.29) is 23.3 Å². The van der Waals surface area contributed by atoms with Crippen LogP contribution in [0.3, 0.4) is 0 Å². The molecule has 1 amide bonds. The van der Waals surface area contributed by atoms with Crippen LogP contribution in [0.25, 0.3) is 0 Å². The number of hydrogen-bond donors (Lipinski definition) is 0. The fraction of sp³-hybridized carbons (Fsp3) is 0.857. The van der Waals surface area contributed by atoms with E-state index in [2.05, 4.69) is 13.0 Å². The number of likely N-dealkylation sites (tertiary alicyclic amines) is 1. The van der Waals surface area contributed by atoms with Gasteiger partial charge in [0.25, 0.3) is 0 Å². The van der Waals surface area contributed by atoms with Crippen LogP contribution in [-0.2, 0) is 4.74 Å². The highest BCUT2D eigenvalue weighted by atomic mass is 16.6. The number of rotatable bonds is 0. The third-order valence-electron chi connectivity index (χ3n) is 3.93. The van der Waals surface area contributed by atoms with Crippen LogP contribution in [0.5, 0.6) is 0 Å². The molecule has 0 aromatic carbocycles. The minimum Gasteiger partial charge on any atom is -0.444 e. The normalized spacial score (nSPS) is 29.8. The summed E-state index contributed by atoms with van der Waals surface area (Å²) >= 11 is 0. The smallest absolute Gasteiger partial charge is 0.410 e. The number of carbonyl (C=O) groups excluding carboxylic acids is 1. The number of nitrogens with zero attached hydrogens (tertiary/aromatic N) is 2. The highest BCUT2D eigenvalue weighted by Crippen LogP contribution is 2.56. The third kappa shape index (κ3) is 2.45. The van der Waals surface area contributed by atoms with E-state index in [0.717, 1.165) is 12.8 Å². The van der Waals surface area contributed by atoms with Crippen molar-refractivity contribution in [1.29, 1.82) is 5.26 Å². The molecule has 0 N–H and O–H groups in total. The molecule has 1 heterocycles. The molecule has 0 aromatic heterocycles. The molecule has 0 aromatic rings. The Balaban J connectivity index is 2.05. The first-order valence-corrected chi connectivity index (χ1v) is 6.65. The van der Waals surface area contributed by atoms with Crippen LogP contribution < -0.4 is 0 Å². The highest BCUT2D eigenvalue weighted by Gasteiger charge is 2.56. The van der Waals surface area contributed by atoms with Gasteiger partial charge in [-0.15, -0.1) is 0 Å². The van der Waals surface area contributed by atoms with Gasteiger partial charge in [0.15, 0.2) is 0 Å². The van der Waals surface area contributed by atoms with E-state index in [4.69, 9.17) is 4.74 Å². The van der Waals surface area contributed by atoms with Gasteiger partial charge >= 0.3 is 6.09 Å². The Hall–Kier alpha value is -1.24. The van der Waals surface area contributed by atoms with Gasteiger partial charge in [-0.25, -0.2) is 4.79 Å². The van der Waals surface area contributed by atoms with Gasteiger partial charge in [-0.1, -0.05) is 6.92 Å². The number of piperidine rings is 1. The maximum atomic E-state index is 12.1. The number of ether oxygens (including phenoxy) is 1. The second-order valence-corrected chi connectivity index (χ2v) is 6.81. The van der Waals surface area contributed by atoms with Crippen LogP contribution in [0.2, 0.25) is 0 Å². The summed E-state index contributed by atoms with van der Waals surface area (Å²) in [6.07, 6.45) is 1.89. The standard InChI is InChI=1S/C14H22N2O2/c1-10-8-16(12(17)18-13(2,3)4)9-14(5-6-14)11(10)7-15/h10-11H,5-6,8-9H2,1-4H3. The maximum absolute atomic E-state index is 12.1. The minimum absolute atomic E-state index is 0.0589. The van der Waals surface area contributed by atoms with Crippen LogP contribution >= 0.6 is 0 Å². The van der Waals surface area contributed by atoms with Crippen LogP contribution in [0, 0.1) is 28.6 Å². The Labute approximate surface area is 109 Å². The third-order valence-corrected chi connectivity index (χ3v) is 3.93. The first-order valence-electron chi connectivity index (χ1n) is 6.65. The summed E-state index contributed by atoms with van der Waals surface area (Å²) in [7, 11) is 0. The fourth-order valence-corrected chi connectivity index (χ4v) is 2.96. The van der Waals surface area contributed by atoms with Gasteiger partial charge in [-0.3, -0.25) is 0 Å². The molecule has 2 rings (SSSR count). The largest absolute Gasteiger partial charge is 0.444 e. The van der Waals surface area contributed by atoms with Crippen LogP contribution in [-0.4, -0.2) is 29.7 Å². The van der Waals surface area contributed by atoms with E-state index in [9.17, 15) is 10.1 Å². The van der Waals surface area contributed by atoms with Gasteiger partial charge in [-0.2, -0.15) is 5.26 Å². The summed E-state index contributed by atoms with van der Waals surface area (Å²) in [6.45, 7) is 9.01. The molecule has 0 bridgehead atoms. The highest BCUT2D eigenvalue weighted by molar-refractivity contribution is 5.68. The van der Waals surface area contributed by atoms with E-state index in [1.54, 1.807) is 4.90 Å². The van der Waals surface area contributed by atoms with Gasteiger partial charge in [0.05, 0.1) is 12.0 Å². The SMILES string of the molecule is CC1CN(C(=O)OC(C)(C)C)CC2(CC2)C1C#N. The van der Waals surface area contributed by atoms with Crippen molar-refractivity contribution in [2.75, 3.05) is 13.1 Å². The zero-order valence-electron chi connectivity index (χ0n) is 11.7. The van der Waals surface area contributed by atoms with Crippen molar-refractivity contribution < 1.29 is 9.53 Å². The van der Waals surface area contributed by atoms with E-state index in [0.29, 0.717) is 13.1 Å². The number of nitriles is 1. The Morgan fingerprint density at radius 2 is 2.06 bits per heavy atom. The Bertz CT molecular complexity index is 388. The van der Waals surface area contributed by atoms with Crippen molar-refractivity contribution in [2.45, 2.75) is 46.1 Å². The van der Waals surface area contributed by atoms with Crippen LogP contribution in [0.15, 0.2) is 0 Å². The Morgan fingerprint density at radius 3 is 2.50 bits per heavy atom. The lowest BCUT2D eigenvalue weighted by Crippen LogP contribution is -2.50. The summed E-state index contributed by atoms with van der Waals surface area (Å²) in [6, 6.07) is 2.44. The average Bonchev–Trinajstić information content (AvgIpc) is 2.95. The average molecular weight is 250 g/mol. The second-order valence-electron chi connectivity index (χ2n) is 6.81. The van der Waals surface area contributed by atoms with Crippen molar-refractivity contribution in [2.24, 2.45) is 17.3 Å². The molecule has 0 radical (unpaired) electrons. The molecule has 4 nitrogen and oxygen atoms in total. The van der Waals surface area contributed by atoms with Gasteiger partial charge < -0.3 is 9.64 Å². The second kappa shape index (κ2) is 4.15. The van der Waals surface area contributed by atoms with Crippen molar-refractivity contribution in [3.63, 3.8) is 0 Å². The van der Waals surface area contributed by atoms with Crippen molar-refractivity contribution in [3.05, 3.63) is 0 Å². The predicted molar refractivity (Wildman–Crippen MR) is 67.7 cm³/mol. The predicted octanol–water partition coefficient (Wildman–Crippen LogP) is 2.79. The van der Waals surface area contributed by atoms with Gasteiger partial charge in [0, 0.05) is 18.5 Å². The molecule has 4 heteroatoms. The van der Waals surface area contributed by atoms with Crippen LogP contribution in [0.1, 0.15) is 40.5 Å². The zero-order chi connectivity index (χ0) is 13.6. The van der Waals surface area contributed by atoms with Gasteiger partial charge in [-0.05, 0) is 39.5 Å². The molecule has 2 aliphatic rings. The minimum atomic E-state index is -0.455. The van der Waals surface area contributed by atoms with Crippen molar-refractivity contribution >= 4 is 6.09 Å². The molecule has 18 heavy (non-hydrogen) atoms. The monoisotopic (exact) mass is 250 g/mol. The molecule has 1 saturated heterocycles. The lowest BCUT2D eigenvalue weighted by molar-refractivity contribution is 0.00152. The van der Waals surface area contributed by atoms with E-state index in [1.165, 1.54) is 0 Å². The van der Waals surface area contributed by atoms with E-state index >= 15 is 0 Å². The molecule has 2 atom stereocenters. The summed E-state index contributed by atoms with van der Waals surface area (Å²) in [4.78, 5) is 13.9. The summed E-state index contributed by atoms with van der Waals surface area (Å²) < 4.78 is 5.42. The molecule has 1 aliphatic carbocycles. The maximum Gasteiger partial charge on any atom is 0.410 e. The molecule has 2 unspecified atom stereocenters. The summed E-state index contributed by atoms with van der Waals surface area (Å²) in [5.74, 6) is 0.329. The molecule has 1 spiro atoms. The number of amides is 1. The first-order chi connectivity index (χ1) is 8.27. The molecule has 100 valence electrons. The van der Waals surface area contributed by atoms with Crippen molar-refractivity contribution in [3.8, 4) is 6.07 Å². The van der Waals surface area contributed by atoms with E-state index < -0.39 is 5.60 Å². The van der Waals surface area contributed by atoms with E-state index in [1.807, 2.05) is 20.8 Å². The number of carbonyl (C=O) groups is 1. The molecule has 2 fully saturated rings. The Kier molecular flexibility index (Phi) is 3.04. The fourth-order valence-electron chi connectivity index (χ4n) is 2.96. The lowest BCUT2D eigenvalue weighted by atomic mass is 9.77.